The summed E-state index contributed by atoms with van der Waals surface area (Å²) in [5.74, 6) is 0.394. The van der Waals surface area contributed by atoms with Crippen molar-refractivity contribution in [1.29, 1.82) is 0 Å². The van der Waals surface area contributed by atoms with Crippen LogP contribution in [0.2, 0.25) is 5.15 Å². The first-order valence-electron chi connectivity index (χ1n) is 8.09. The van der Waals surface area contributed by atoms with Gasteiger partial charge in [-0.2, -0.15) is 19.0 Å². The molecular formula is C16H13ClF2N8O. The Morgan fingerprint density at radius 1 is 1.29 bits per heavy atom. The fourth-order valence-corrected chi connectivity index (χ4v) is 2.84. The van der Waals surface area contributed by atoms with Crippen molar-refractivity contribution in [2.75, 3.05) is 5.32 Å². The molecule has 1 atom stereocenters. The molecule has 4 rings (SSSR count). The van der Waals surface area contributed by atoms with Gasteiger partial charge in [-0.05, 0) is 18.6 Å². The second-order valence-corrected chi connectivity index (χ2v) is 6.10. The van der Waals surface area contributed by atoms with E-state index in [9.17, 15) is 8.78 Å². The summed E-state index contributed by atoms with van der Waals surface area (Å²) in [7, 11) is 0. The molecule has 12 heteroatoms. The molecule has 4 aromatic rings. The number of alkyl halides is 2. The number of aromatic nitrogens is 7. The van der Waals surface area contributed by atoms with Gasteiger partial charge in [0.25, 0.3) is 0 Å². The summed E-state index contributed by atoms with van der Waals surface area (Å²) in [6.07, 6.45) is 4.86. The number of hydrogen-bond acceptors (Lipinski definition) is 7. The number of H-pyrrole nitrogens is 1. The summed E-state index contributed by atoms with van der Waals surface area (Å²) in [6.45, 7) is -1.02. The molecule has 0 fully saturated rings. The van der Waals surface area contributed by atoms with Crippen molar-refractivity contribution in [2.24, 2.45) is 0 Å². The van der Waals surface area contributed by atoms with Crippen molar-refractivity contribution in [2.45, 2.75) is 19.6 Å². The second kappa shape index (κ2) is 7.35. The average Bonchev–Trinajstić information content (AvgIpc) is 3.25. The average molecular weight is 407 g/mol. The Labute approximate surface area is 161 Å². The van der Waals surface area contributed by atoms with E-state index in [1.807, 2.05) is 19.1 Å². The first-order chi connectivity index (χ1) is 13.5. The molecule has 0 aromatic carbocycles. The molecule has 0 bridgehead atoms. The third-order valence-electron chi connectivity index (χ3n) is 3.92. The van der Waals surface area contributed by atoms with E-state index in [0.717, 1.165) is 5.56 Å². The van der Waals surface area contributed by atoms with Gasteiger partial charge in [-0.1, -0.05) is 17.7 Å². The van der Waals surface area contributed by atoms with E-state index in [0.29, 0.717) is 17.0 Å². The normalized spacial score (nSPS) is 12.5. The van der Waals surface area contributed by atoms with Crippen molar-refractivity contribution in [3.8, 4) is 5.88 Å². The van der Waals surface area contributed by atoms with Crippen molar-refractivity contribution in [3.05, 3.63) is 47.5 Å². The van der Waals surface area contributed by atoms with E-state index in [1.54, 1.807) is 17.1 Å². The molecule has 0 spiro atoms. The molecule has 144 valence electrons. The Morgan fingerprint density at radius 3 is 2.89 bits per heavy atom. The van der Waals surface area contributed by atoms with Gasteiger partial charge < -0.3 is 10.1 Å². The number of rotatable bonds is 6. The Hall–Kier alpha value is -3.34. The number of pyridine rings is 1. The summed E-state index contributed by atoms with van der Waals surface area (Å²) in [5, 5.41) is 13.6. The summed E-state index contributed by atoms with van der Waals surface area (Å²) in [5.41, 5.74) is 1.81. The first-order valence-corrected chi connectivity index (χ1v) is 8.47. The molecular weight excluding hydrogens is 394 g/mol. The van der Waals surface area contributed by atoms with Gasteiger partial charge in [-0.3, -0.25) is 4.98 Å². The Balaban J connectivity index is 1.65. The highest BCUT2D eigenvalue weighted by molar-refractivity contribution is 6.33. The molecule has 0 saturated heterocycles. The molecule has 0 amide bonds. The van der Waals surface area contributed by atoms with Crippen LogP contribution in [0.15, 0.2) is 36.8 Å². The molecule has 0 unspecified atom stereocenters. The number of aromatic amines is 1. The van der Waals surface area contributed by atoms with Gasteiger partial charge in [-0.15, -0.1) is 0 Å². The van der Waals surface area contributed by atoms with Crippen LogP contribution in [0.3, 0.4) is 0 Å². The largest absolute Gasteiger partial charge is 0.417 e. The third kappa shape index (κ3) is 3.56. The standard InChI is InChI=1S/C16H13ClF2N8O/c1-8(9-3-2-4-20-6-9)27-15-13(14(17)26-27)21-7-11(23-15)22-10-5-12(25-24-10)28-16(18)19/h2-8,16H,1H3,(H2,22,23,24,25)/t8-/m0/s1. The van der Waals surface area contributed by atoms with Gasteiger partial charge in [0.2, 0.25) is 5.88 Å². The van der Waals surface area contributed by atoms with Crippen LogP contribution >= 0.6 is 11.6 Å². The fraction of sp³-hybridized carbons (Fsp3) is 0.188. The SMILES string of the molecule is C[C@@H](c1cccnc1)n1nc(Cl)c2ncc(Nc3cc(OC(F)F)[nH]n3)nc21. The molecule has 28 heavy (non-hydrogen) atoms. The minimum Gasteiger partial charge on any atom is -0.417 e. The van der Waals surface area contributed by atoms with Crippen LogP contribution in [0.25, 0.3) is 11.2 Å². The van der Waals surface area contributed by atoms with Crippen molar-refractivity contribution in [1.82, 2.24) is 34.9 Å². The number of nitrogens with zero attached hydrogens (tertiary/aromatic N) is 6. The summed E-state index contributed by atoms with van der Waals surface area (Å²) >= 11 is 6.20. The second-order valence-electron chi connectivity index (χ2n) is 5.75. The monoisotopic (exact) mass is 406 g/mol. The minimum absolute atomic E-state index is 0.176. The molecule has 4 heterocycles. The van der Waals surface area contributed by atoms with Crippen LogP contribution in [0, 0.1) is 0 Å². The Morgan fingerprint density at radius 2 is 2.14 bits per heavy atom. The number of anilines is 2. The lowest BCUT2D eigenvalue weighted by Crippen LogP contribution is -2.10. The van der Waals surface area contributed by atoms with Crippen LogP contribution in [0.5, 0.6) is 5.88 Å². The molecule has 0 aliphatic carbocycles. The van der Waals surface area contributed by atoms with Gasteiger partial charge in [0, 0.05) is 18.5 Å². The van der Waals surface area contributed by atoms with E-state index < -0.39 is 6.61 Å². The first kappa shape index (κ1) is 18.0. The molecule has 0 saturated carbocycles. The maximum absolute atomic E-state index is 12.3. The lowest BCUT2D eigenvalue weighted by Gasteiger charge is -2.12. The highest BCUT2D eigenvalue weighted by Gasteiger charge is 2.18. The fourth-order valence-electron chi connectivity index (χ4n) is 2.62. The number of ether oxygens (including phenoxy) is 1. The van der Waals surface area contributed by atoms with Gasteiger partial charge in [0.1, 0.15) is 5.52 Å². The Kier molecular flexibility index (Phi) is 4.74. The van der Waals surface area contributed by atoms with E-state index >= 15 is 0 Å². The minimum atomic E-state index is -2.95. The number of halogens is 3. The van der Waals surface area contributed by atoms with E-state index in [1.165, 1.54) is 12.3 Å². The van der Waals surface area contributed by atoms with Gasteiger partial charge in [0.15, 0.2) is 22.4 Å². The quantitative estimate of drug-likeness (QED) is 0.504. The number of hydrogen-bond donors (Lipinski definition) is 2. The third-order valence-corrected chi connectivity index (χ3v) is 4.18. The molecule has 0 aliphatic heterocycles. The van der Waals surface area contributed by atoms with Gasteiger partial charge in [0.05, 0.1) is 12.2 Å². The number of nitrogens with one attached hydrogen (secondary N) is 2. The maximum Gasteiger partial charge on any atom is 0.388 e. The van der Waals surface area contributed by atoms with Crippen LogP contribution in [-0.4, -0.2) is 41.5 Å². The molecule has 4 aromatic heterocycles. The van der Waals surface area contributed by atoms with E-state index in [-0.39, 0.29) is 22.9 Å². The van der Waals surface area contributed by atoms with Crippen LogP contribution in [-0.2, 0) is 0 Å². The molecule has 0 aliphatic rings. The summed E-state index contributed by atoms with van der Waals surface area (Å²) < 4.78 is 30.4. The topological polar surface area (TPSA) is 106 Å². The number of fused-ring (bicyclic) bond motifs is 1. The van der Waals surface area contributed by atoms with E-state index in [4.69, 9.17) is 11.6 Å². The lowest BCUT2D eigenvalue weighted by molar-refractivity contribution is -0.0528. The van der Waals surface area contributed by atoms with E-state index in [2.05, 4.69) is 40.3 Å². The maximum atomic E-state index is 12.3. The molecule has 0 radical (unpaired) electrons. The predicted molar refractivity (Wildman–Crippen MR) is 96.9 cm³/mol. The van der Waals surface area contributed by atoms with Crippen molar-refractivity contribution in [3.63, 3.8) is 0 Å². The highest BCUT2D eigenvalue weighted by atomic mass is 35.5. The van der Waals surface area contributed by atoms with Crippen LogP contribution < -0.4 is 10.1 Å². The summed E-state index contributed by atoms with van der Waals surface area (Å²) in [4.78, 5) is 12.9. The predicted octanol–water partition coefficient (Wildman–Crippen LogP) is 3.55. The van der Waals surface area contributed by atoms with Crippen LogP contribution in [0.1, 0.15) is 18.5 Å². The smallest absolute Gasteiger partial charge is 0.388 e. The van der Waals surface area contributed by atoms with Gasteiger partial charge >= 0.3 is 6.61 Å². The van der Waals surface area contributed by atoms with Gasteiger partial charge in [-0.25, -0.2) is 19.7 Å². The molecule has 9 nitrogen and oxygen atoms in total. The van der Waals surface area contributed by atoms with Crippen molar-refractivity contribution >= 4 is 34.4 Å². The van der Waals surface area contributed by atoms with Crippen molar-refractivity contribution < 1.29 is 13.5 Å². The highest BCUT2D eigenvalue weighted by Crippen LogP contribution is 2.27. The summed E-state index contributed by atoms with van der Waals surface area (Å²) in [6, 6.07) is 4.84. The zero-order valence-electron chi connectivity index (χ0n) is 14.3. The lowest BCUT2D eigenvalue weighted by atomic mass is 10.1. The zero-order chi connectivity index (χ0) is 19.7. The van der Waals surface area contributed by atoms with Crippen LogP contribution in [0.4, 0.5) is 20.4 Å². The Bertz CT molecular complexity index is 1100. The zero-order valence-corrected chi connectivity index (χ0v) is 15.1. The molecule has 2 N–H and O–H groups in total.